The van der Waals surface area contributed by atoms with Crippen molar-refractivity contribution in [2.24, 2.45) is 0 Å². The van der Waals surface area contributed by atoms with Crippen LogP contribution >= 0.6 is 0 Å². The van der Waals surface area contributed by atoms with Gasteiger partial charge in [-0.15, -0.1) is 0 Å². The van der Waals surface area contributed by atoms with Gasteiger partial charge in [0.2, 0.25) is 0 Å². The molecule has 2 aromatic heterocycles. The van der Waals surface area contributed by atoms with Crippen molar-refractivity contribution in [1.29, 1.82) is 0 Å². The van der Waals surface area contributed by atoms with Crippen molar-refractivity contribution in [2.75, 3.05) is 5.73 Å². The molecule has 0 aliphatic rings. The van der Waals surface area contributed by atoms with E-state index in [1.54, 1.807) is 0 Å². The van der Waals surface area contributed by atoms with Gasteiger partial charge in [0.15, 0.2) is 0 Å². The van der Waals surface area contributed by atoms with Crippen molar-refractivity contribution in [2.45, 2.75) is 20.0 Å². The van der Waals surface area contributed by atoms with Crippen LogP contribution in [0.2, 0.25) is 0 Å². The predicted molar refractivity (Wildman–Crippen MR) is 50.5 cm³/mol. The molecule has 2 heterocycles. The van der Waals surface area contributed by atoms with Crippen LogP contribution in [-0.4, -0.2) is 24.7 Å². The van der Waals surface area contributed by atoms with E-state index < -0.39 is 0 Å². The third-order valence-corrected chi connectivity index (χ3v) is 2.14. The van der Waals surface area contributed by atoms with E-state index in [9.17, 15) is 0 Å². The molecule has 2 aromatic rings. The summed E-state index contributed by atoms with van der Waals surface area (Å²) in [6, 6.07) is 0. The number of hydrogen-bond acceptors (Lipinski definition) is 5. The van der Waals surface area contributed by atoms with Crippen LogP contribution in [0.15, 0.2) is 6.33 Å². The van der Waals surface area contributed by atoms with E-state index in [1.165, 1.54) is 10.8 Å². The topological polar surface area (TPSA) is 89.3 Å². The highest BCUT2D eigenvalue weighted by Crippen LogP contribution is 2.16. The molecule has 0 saturated heterocycles. The molecule has 6 nitrogen and oxygen atoms in total. The van der Waals surface area contributed by atoms with Gasteiger partial charge in [-0.2, -0.15) is 14.6 Å². The second kappa shape index (κ2) is 3.22. The van der Waals surface area contributed by atoms with Crippen molar-refractivity contribution < 1.29 is 5.11 Å². The van der Waals surface area contributed by atoms with Crippen LogP contribution in [0.25, 0.3) is 5.78 Å². The number of hydrogen-bond donors (Lipinski definition) is 2. The van der Waals surface area contributed by atoms with Crippen LogP contribution in [0.3, 0.4) is 0 Å². The molecule has 0 saturated carbocycles. The fraction of sp³-hybridized carbons (Fsp3) is 0.375. The fourth-order valence-electron chi connectivity index (χ4n) is 1.41. The summed E-state index contributed by atoms with van der Waals surface area (Å²) in [4.78, 5) is 8.18. The Labute approximate surface area is 80.4 Å². The molecule has 0 amide bonds. The van der Waals surface area contributed by atoms with E-state index in [0.29, 0.717) is 23.6 Å². The summed E-state index contributed by atoms with van der Waals surface area (Å²) in [5, 5.41) is 13.1. The molecule has 0 bridgehead atoms. The minimum Gasteiger partial charge on any atom is -0.391 e. The number of nitrogens with zero attached hydrogens (tertiary/aromatic N) is 4. The maximum Gasteiger partial charge on any atom is 0.254 e. The summed E-state index contributed by atoms with van der Waals surface area (Å²) < 4.78 is 1.42. The predicted octanol–water partition coefficient (Wildman–Crippen LogP) is -0.239. The molecule has 2 rings (SSSR count). The number of anilines is 1. The quantitative estimate of drug-likeness (QED) is 0.687. The van der Waals surface area contributed by atoms with Gasteiger partial charge in [-0.05, 0) is 6.42 Å². The summed E-state index contributed by atoms with van der Waals surface area (Å²) >= 11 is 0. The SMILES string of the molecule is CCc1nc2ncnn2c(N)c1CO. The molecule has 0 atom stereocenters. The second-order valence-electron chi connectivity index (χ2n) is 2.91. The molecule has 0 spiro atoms. The highest BCUT2D eigenvalue weighted by atomic mass is 16.3. The van der Waals surface area contributed by atoms with Crippen LogP contribution in [-0.2, 0) is 13.0 Å². The van der Waals surface area contributed by atoms with Crippen molar-refractivity contribution in [3.8, 4) is 0 Å². The van der Waals surface area contributed by atoms with Crippen LogP contribution in [0.4, 0.5) is 5.82 Å². The number of rotatable bonds is 2. The summed E-state index contributed by atoms with van der Waals surface area (Å²) in [5.41, 5.74) is 7.21. The van der Waals surface area contributed by atoms with E-state index in [4.69, 9.17) is 10.8 Å². The molecule has 6 heteroatoms. The van der Waals surface area contributed by atoms with Gasteiger partial charge in [0.05, 0.1) is 12.3 Å². The van der Waals surface area contributed by atoms with Gasteiger partial charge >= 0.3 is 0 Å². The lowest BCUT2D eigenvalue weighted by molar-refractivity contribution is 0.280. The lowest BCUT2D eigenvalue weighted by Gasteiger charge is -2.08. The van der Waals surface area contributed by atoms with Gasteiger partial charge in [0, 0.05) is 5.56 Å². The molecule has 0 aliphatic carbocycles. The molecule has 0 aromatic carbocycles. The third-order valence-electron chi connectivity index (χ3n) is 2.14. The van der Waals surface area contributed by atoms with Gasteiger partial charge in [-0.25, -0.2) is 4.98 Å². The molecule has 0 radical (unpaired) electrons. The number of aromatic nitrogens is 4. The Morgan fingerprint density at radius 3 is 3.00 bits per heavy atom. The van der Waals surface area contributed by atoms with Gasteiger partial charge in [0.1, 0.15) is 12.1 Å². The first-order valence-corrected chi connectivity index (χ1v) is 4.35. The minimum absolute atomic E-state index is 0.127. The summed E-state index contributed by atoms with van der Waals surface area (Å²) in [7, 11) is 0. The first kappa shape index (κ1) is 8.89. The zero-order valence-electron chi connectivity index (χ0n) is 7.80. The summed E-state index contributed by atoms with van der Waals surface area (Å²) in [6.07, 6.45) is 2.10. The lowest BCUT2D eigenvalue weighted by atomic mass is 10.2. The molecular formula is C8H11N5O. The average Bonchev–Trinajstić information content (AvgIpc) is 2.65. The van der Waals surface area contributed by atoms with E-state index in [1.807, 2.05) is 6.92 Å². The molecular weight excluding hydrogens is 182 g/mol. The Morgan fingerprint density at radius 1 is 1.57 bits per heavy atom. The number of nitrogen functional groups attached to an aromatic ring is 1. The molecule has 74 valence electrons. The highest BCUT2D eigenvalue weighted by molar-refractivity contribution is 5.49. The number of aliphatic hydroxyl groups excluding tert-OH is 1. The first-order valence-electron chi connectivity index (χ1n) is 4.35. The molecule has 0 unspecified atom stereocenters. The molecule has 0 fully saturated rings. The number of aryl methyl sites for hydroxylation is 1. The number of fused-ring (bicyclic) bond motifs is 1. The van der Waals surface area contributed by atoms with E-state index in [-0.39, 0.29) is 6.61 Å². The largest absolute Gasteiger partial charge is 0.391 e. The van der Waals surface area contributed by atoms with Crippen LogP contribution in [0, 0.1) is 0 Å². The molecule has 3 N–H and O–H groups in total. The Morgan fingerprint density at radius 2 is 2.36 bits per heavy atom. The zero-order valence-corrected chi connectivity index (χ0v) is 7.80. The zero-order chi connectivity index (χ0) is 10.1. The van der Waals surface area contributed by atoms with E-state index >= 15 is 0 Å². The molecule has 0 aliphatic heterocycles. The van der Waals surface area contributed by atoms with Crippen molar-refractivity contribution in [3.63, 3.8) is 0 Å². The Kier molecular flexibility index (Phi) is 2.05. The van der Waals surface area contributed by atoms with E-state index in [2.05, 4.69) is 15.1 Å². The van der Waals surface area contributed by atoms with Gasteiger partial charge in [-0.1, -0.05) is 6.92 Å². The maximum atomic E-state index is 9.15. The Balaban J connectivity index is 2.79. The van der Waals surface area contributed by atoms with Gasteiger partial charge < -0.3 is 10.8 Å². The van der Waals surface area contributed by atoms with Crippen molar-refractivity contribution in [3.05, 3.63) is 17.6 Å². The monoisotopic (exact) mass is 193 g/mol. The van der Waals surface area contributed by atoms with Gasteiger partial charge in [-0.3, -0.25) is 0 Å². The van der Waals surface area contributed by atoms with Crippen molar-refractivity contribution in [1.82, 2.24) is 19.6 Å². The third kappa shape index (κ3) is 1.12. The number of aliphatic hydroxyl groups is 1. The number of nitrogens with two attached hydrogens (primary N) is 1. The minimum atomic E-state index is -0.127. The molecule has 14 heavy (non-hydrogen) atoms. The van der Waals surface area contributed by atoms with Crippen LogP contribution in [0.1, 0.15) is 18.2 Å². The Bertz CT molecular complexity index is 464. The van der Waals surface area contributed by atoms with Crippen LogP contribution in [0.5, 0.6) is 0 Å². The Hall–Kier alpha value is -1.69. The summed E-state index contributed by atoms with van der Waals surface area (Å²) in [6.45, 7) is 1.83. The second-order valence-corrected chi connectivity index (χ2v) is 2.91. The van der Waals surface area contributed by atoms with E-state index in [0.717, 1.165) is 5.69 Å². The van der Waals surface area contributed by atoms with Crippen LogP contribution < -0.4 is 5.73 Å². The fourth-order valence-corrected chi connectivity index (χ4v) is 1.41. The standard InChI is InChI=1S/C8H11N5O/c1-2-6-5(3-14)7(9)13-8(12-6)10-4-11-13/h4,14H,2-3,9H2,1H3. The normalized spacial score (nSPS) is 11.0. The van der Waals surface area contributed by atoms with Gasteiger partial charge in [0.25, 0.3) is 5.78 Å². The van der Waals surface area contributed by atoms with Crippen molar-refractivity contribution >= 4 is 11.6 Å². The summed E-state index contributed by atoms with van der Waals surface area (Å²) in [5.74, 6) is 0.878. The lowest BCUT2D eigenvalue weighted by Crippen LogP contribution is -2.09. The maximum absolute atomic E-state index is 9.15. The average molecular weight is 193 g/mol. The highest BCUT2D eigenvalue weighted by Gasteiger charge is 2.11. The smallest absolute Gasteiger partial charge is 0.254 e. The first-order chi connectivity index (χ1) is 6.77.